The van der Waals surface area contributed by atoms with Gasteiger partial charge in [-0.2, -0.15) is 4.31 Å². The highest BCUT2D eigenvalue weighted by atomic mass is 32.2. The summed E-state index contributed by atoms with van der Waals surface area (Å²) in [7, 11) is -3.76. The molecule has 1 aromatic rings. The van der Waals surface area contributed by atoms with Gasteiger partial charge in [0.15, 0.2) is 0 Å². The van der Waals surface area contributed by atoms with E-state index in [0.717, 1.165) is 6.07 Å². The lowest BCUT2D eigenvalue weighted by Crippen LogP contribution is -2.32. The van der Waals surface area contributed by atoms with E-state index in [9.17, 15) is 12.8 Å². The summed E-state index contributed by atoms with van der Waals surface area (Å²) in [6.45, 7) is 7.38. The second-order valence-electron chi connectivity index (χ2n) is 4.28. The highest BCUT2D eigenvalue weighted by molar-refractivity contribution is 7.89. The fourth-order valence-corrected chi connectivity index (χ4v) is 3.56. The molecule has 0 saturated heterocycles. The van der Waals surface area contributed by atoms with Crippen LogP contribution in [0, 0.1) is 12.7 Å². The molecule has 0 aromatic heterocycles. The number of anilines is 1. The van der Waals surface area contributed by atoms with E-state index in [-0.39, 0.29) is 22.7 Å². The van der Waals surface area contributed by atoms with Gasteiger partial charge in [0.2, 0.25) is 10.0 Å². The van der Waals surface area contributed by atoms with Crippen LogP contribution in [-0.2, 0) is 10.0 Å². The van der Waals surface area contributed by atoms with Crippen molar-refractivity contribution in [3.8, 4) is 0 Å². The maximum absolute atomic E-state index is 13.6. The number of nitrogens with two attached hydrogens (primary N) is 1. The van der Waals surface area contributed by atoms with Crippen LogP contribution in [0.25, 0.3) is 0 Å². The van der Waals surface area contributed by atoms with Gasteiger partial charge in [-0.05, 0) is 25.5 Å². The topological polar surface area (TPSA) is 63.4 Å². The van der Waals surface area contributed by atoms with Crippen LogP contribution in [0.5, 0.6) is 0 Å². The van der Waals surface area contributed by atoms with E-state index >= 15 is 0 Å². The fourth-order valence-electron chi connectivity index (χ4n) is 1.78. The van der Waals surface area contributed by atoms with Crippen molar-refractivity contribution < 1.29 is 12.8 Å². The van der Waals surface area contributed by atoms with E-state index in [0.29, 0.717) is 13.0 Å². The van der Waals surface area contributed by atoms with Crippen LogP contribution in [0.15, 0.2) is 29.7 Å². The molecule has 0 heterocycles. The summed E-state index contributed by atoms with van der Waals surface area (Å²) in [5.74, 6) is -0.617. The molecule has 1 rings (SSSR count). The summed E-state index contributed by atoms with van der Waals surface area (Å²) < 4.78 is 39.9. The lowest BCUT2D eigenvalue weighted by molar-refractivity contribution is 0.440. The third-order valence-electron chi connectivity index (χ3n) is 2.74. The smallest absolute Gasteiger partial charge is 0.243 e. The predicted octanol–water partition coefficient (Wildman–Crippen LogP) is 2.30. The highest BCUT2D eigenvalue weighted by Gasteiger charge is 2.26. The quantitative estimate of drug-likeness (QED) is 0.644. The number of benzene rings is 1. The van der Waals surface area contributed by atoms with Crippen molar-refractivity contribution in [2.45, 2.75) is 25.2 Å². The molecule has 0 fully saturated rings. The van der Waals surface area contributed by atoms with Gasteiger partial charge in [0.25, 0.3) is 0 Å². The Morgan fingerprint density at radius 1 is 1.47 bits per heavy atom. The van der Waals surface area contributed by atoms with Crippen LogP contribution >= 0.6 is 0 Å². The van der Waals surface area contributed by atoms with E-state index < -0.39 is 15.8 Å². The second kappa shape index (κ2) is 6.16. The number of hydrogen-bond donors (Lipinski definition) is 1. The number of sulfonamides is 1. The van der Waals surface area contributed by atoms with Crippen LogP contribution < -0.4 is 5.73 Å². The van der Waals surface area contributed by atoms with Crippen LogP contribution in [-0.4, -0.2) is 25.8 Å². The molecule has 2 N–H and O–H groups in total. The zero-order chi connectivity index (χ0) is 14.6. The Morgan fingerprint density at radius 3 is 2.63 bits per heavy atom. The molecular weight excluding hydrogens is 267 g/mol. The van der Waals surface area contributed by atoms with Crippen LogP contribution in [0.2, 0.25) is 0 Å². The van der Waals surface area contributed by atoms with Gasteiger partial charge in [-0.25, -0.2) is 12.8 Å². The van der Waals surface area contributed by atoms with Gasteiger partial charge in [-0.15, -0.1) is 6.58 Å². The van der Waals surface area contributed by atoms with Gasteiger partial charge in [0.1, 0.15) is 5.82 Å². The average molecular weight is 286 g/mol. The maximum atomic E-state index is 13.6. The van der Waals surface area contributed by atoms with Gasteiger partial charge < -0.3 is 5.73 Å². The Morgan fingerprint density at radius 2 is 2.11 bits per heavy atom. The fraction of sp³-hybridized carbons (Fsp3) is 0.385. The van der Waals surface area contributed by atoms with Crippen molar-refractivity contribution in [1.82, 2.24) is 4.31 Å². The summed E-state index contributed by atoms with van der Waals surface area (Å²) in [6, 6.07) is 2.41. The maximum Gasteiger partial charge on any atom is 0.243 e. The minimum atomic E-state index is -3.76. The molecule has 0 unspecified atom stereocenters. The zero-order valence-electron chi connectivity index (χ0n) is 11.2. The third-order valence-corrected chi connectivity index (χ3v) is 4.73. The number of rotatable bonds is 6. The van der Waals surface area contributed by atoms with Crippen LogP contribution in [0.4, 0.5) is 10.1 Å². The predicted molar refractivity (Wildman–Crippen MR) is 74.8 cm³/mol. The van der Waals surface area contributed by atoms with Crippen LogP contribution in [0.3, 0.4) is 0 Å². The first kappa shape index (κ1) is 15.7. The van der Waals surface area contributed by atoms with E-state index in [1.165, 1.54) is 23.4 Å². The average Bonchev–Trinajstić information content (AvgIpc) is 2.33. The minimum Gasteiger partial charge on any atom is -0.399 e. The van der Waals surface area contributed by atoms with Crippen molar-refractivity contribution >= 4 is 15.7 Å². The number of nitrogen functional groups attached to an aromatic ring is 1. The van der Waals surface area contributed by atoms with Gasteiger partial charge in [0.05, 0.1) is 4.90 Å². The van der Waals surface area contributed by atoms with Crippen molar-refractivity contribution in [3.05, 3.63) is 36.2 Å². The molecule has 0 radical (unpaired) electrons. The molecule has 0 spiro atoms. The molecule has 0 saturated carbocycles. The first-order chi connectivity index (χ1) is 8.84. The molecule has 0 aliphatic heterocycles. The van der Waals surface area contributed by atoms with Crippen molar-refractivity contribution in [2.75, 3.05) is 18.8 Å². The summed E-state index contributed by atoms with van der Waals surface area (Å²) in [5.41, 5.74) is 5.71. The third kappa shape index (κ3) is 3.33. The standard InChI is InChI=1S/C13H19FN2O2S/c1-4-6-16(7-5-2)19(17,18)13-9-11(15)8-12(14)10(13)3/h4,8-9H,1,5-7,15H2,2-3H3. The molecule has 0 amide bonds. The van der Waals surface area contributed by atoms with Crippen molar-refractivity contribution in [2.24, 2.45) is 0 Å². The molecule has 106 valence electrons. The van der Waals surface area contributed by atoms with E-state index in [1.54, 1.807) is 0 Å². The SMILES string of the molecule is C=CCN(CCC)S(=O)(=O)c1cc(N)cc(F)c1C. The summed E-state index contributed by atoms with van der Waals surface area (Å²) in [5, 5.41) is 0. The van der Waals surface area contributed by atoms with Gasteiger partial charge in [-0.3, -0.25) is 0 Å². The lowest BCUT2D eigenvalue weighted by atomic mass is 10.2. The van der Waals surface area contributed by atoms with Gasteiger partial charge in [0, 0.05) is 24.3 Å². The number of halogens is 1. The Kier molecular flexibility index (Phi) is 5.08. The summed E-state index contributed by atoms with van der Waals surface area (Å²) >= 11 is 0. The van der Waals surface area contributed by atoms with E-state index in [2.05, 4.69) is 6.58 Å². The molecule has 0 bridgehead atoms. The van der Waals surface area contributed by atoms with E-state index in [1.807, 2.05) is 6.92 Å². The zero-order valence-corrected chi connectivity index (χ0v) is 12.0. The molecule has 4 nitrogen and oxygen atoms in total. The van der Waals surface area contributed by atoms with E-state index in [4.69, 9.17) is 5.73 Å². The van der Waals surface area contributed by atoms with Crippen LogP contribution in [0.1, 0.15) is 18.9 Å². The molecule has 0 atom stereocenters. The normalized spacial score (nSPS) is 11.8. The number of hydrogen-bond acceptors (Lipinski definition) is 3. The first-order valence-electron chi connectivity index (χ1n) is 6.01. The Balaban J connectivity index is 3.36. The Hall–Kier alpha value is -1.40. The minimum absolute atomic E-state index is 0.0827. The highest BCUT2D eigenvalue weighted by Crippen LogP contribution is 2.25. The first-order valence-corrected chi connectivity index (χ1v) is 7.45. The lowest BCUT2D eigenvalue weighted by Gasteiger charge is -2.21. The summed E-state index contributed by atoms with van der Waals surface area (Å²) in [6.07, 6.45) is 2.17. The molecule has 0 aliphatic carbocycles. The van der Waals surface area contributed by atoms with Crippen molar-refractivity contribution in [1.29, 1.82) is 0 Å². The molecular formula is C13H19FN2O2S. The molecule has 1 aromatic carbocycles. The Bertz CT molecular complexity index is 570. The molecule has 6 heteroatoms. The van der Waals surface area contributed by atoms with Crippen molar-refractivity contribution in [3.63, 3.8) is 0 Å². The summed E-state index contributed by atoms with van der Waals surface area (Å²) in [4.78, 5) is -0.0831. The molecule has 0 aliphatic rings. The second-order valence-corrected chi connectivity index (χ2v) is 6.18. The largest absolute Gasteiger partial charge is 0.399 e. The van der Waals surface area contributed by atoms with Gasteiger partial charge in [-0.1, -0.05) is 13.0 Å². The monoisotopic (exact) mass is 286 g/mol. The van der Waals surface area contributed by atoms with Gasteiger partial charge >= 0.3 is 0 Å². The number of nitrogens with zero attached hydrogens (tertiary/aromatic N) is 1. The Labute approximate surface area is 113 Å². The molecule has 19 heavy (non-hydrogen) atoms.